The molecule has 0 atom stereocenters. The molecule has 18 heavy (non-hydrogen) atoms. The van der Waals surface area contributed by atoms with Crippen molar-refractivity contribution in [1.82, 2.24) is 15.2 Å². The fraction of sp³-hybridized carbons (Fsp3) is 0.533. The van der Waals surface area contributed by atoms with Gasteiger partial charge in [0, 0.05) is 25.7 Å². The molecule has 0 radical (unpaired) electrons. The number of hydrogen-bond acceptors (Lipinski definition) is 3. The Kier molecular flexibility index (Phi) is 6.02. The second-order valence-electron chi connectivity index (χ2n) is 5.29. The lowest BCUT2D eigenvalue weighted by atomic mass is 10.2. The van der Waals surface area contributed by atoms with Crippen molar-refractivity contribution in [3.05, 3.63) is 41.7 Å². The van der Waals surface area contributed by atoms with Gasteiger partial charge in [-0.3, -0.25) is 9.88 Å². The standard InChI is InChI=1S/C15H25N3/c1-12(2)10-18(5)11-15-8-6-7-14(17-15)9-16-13(3)4/h6-8,13,16H,1,9-11H2,2-5H3. The maximum Gasteiger partial charge on any atom is 0.0547 e. The average molecular weight is 247 g/mol. The molecule has 0 aliphatic carbocycles. The van der Waals surface area contributed by atoms with Crippen molar-refractivity contribution in [2.45, 2.75) is 39.9 Å². The first-order valence-corrected chi connectivity index (χ1v) is 6.48. The highest BCUT2D eigenvalue weighted by atomic mass is 15.1. The fourth-order valence-electron chi connectivity index (χ4n) is 1.82. The van der Waals surface area contributed by atoms with Gasteiger partial charge in [-0.25, -0.2) is 0 Å². The van der Waals surface area contributed by atoms with Gasteiger partial charge in [0.1, 0.15) is 0 Å². The quantitative estimate of drug-likeness (QED) is 0.751. The molecule has 100 valence electrons. The predicted octanol–water partition coefficient (Wildman–Crippen LogP) is 2.59. The third-order valence-electron chi connectivity index (χ3n) is 2.53. The number of hydrogen-bond donors (Lipinski definition) is 1. The van der Waals surface area contributed by atoms with E-state index in [1.807, 2.05) is 6.92 Å². The summed E-state index contributed by atoms with van der Waals surface area (Å²) in [6, 6.07) is 6.71. The van der Waals surface area contributed by atoms with Crippen molar-refractivity contribution in [2.24, 2.45) is 0 Å². The molecule has 0 unspecified atom stereocenters. The Morgan fingerprint density at radius 2 is 2.06 bits per heavy atom. The number of nitrogens with one attached hydrogen (secondary N) is 1. The first-order chi connectivity index (χ1) is 8.47. The van der Waals surface area contributed by atoms with Gasteiger partial charge >= 0.3 is 0 Å². The first kappa shape index (κ1) is 14.9. The summed E-state index contributed by atoms with van der Waals surface area (Å²) >= 11 is 0. The van der Waals surface area contributed by atoms with Gasteiger partial charge in [0.2, 0.25) is 0 Å². The molecule has 1 rings (SSSR count). The van der Waals surface area contributed by atoms with Crippen LogP contribution in [-0.4, -0.2) is 29.5 Å². The summed E-state index contributed by atoms with van der Waals surface area (Å²) in [4.78, 5) is 6.88. The highest BCUT2D eigenvalue weighted by Gasteiger charge is 2.03. The van der Waals surface area contributed by atoms with E-state index in [4.69, 9.17) is 0 Å². The Balaban J connectivity index is 2.56. The van der Waals surface area contributed by atoms with E-state index in [-0.39, 0.29) is 0 Å². The number of rotatable bonds is 7. The van der Waals surface area contributed by atoms with E-state index in [2.05, 4.69) is 60.9 Å². The van der Waals surface area contributed by atoms with Gasteiger partial charge in [0.05, 0.1) is 11.4 Å². The van der Waals surface area contributed by atoms with Crippen LogP contribution in [-0.2, 0) is 13.1 Å². The Morgan fingerprint density at radius 3 is 2.67 bits per heavy atom. The molecule has 1 aromatic rings. The first-order valence-electron chi connectivity index (χ1n) is 6.48. The van der Waals surface area contributed by atoms with Crippen molar-refractivity contribution in [3.8, 4) is 0 Å². The zero-order chi connectivity index (χ0) is 13.5. The van der Waals surface area contributed by atoms with Crippen LogP contribution in [0.4, 0.5) is 0 Å². The van der Waals surface area contributed by atoms with Crippen molar-refractivity contribution in [3.63, 3.8) is 0 Å². The smallest absolute Gasteiger partial charge is 0.0547 e. The summed E-state index contributed by atoms with van der Waals surface area (Å²) < 4.78 is 0. The molecule has 0 fully saturated rings. The second kappa shape index (κ2) is 7.29. The molecule has 3 heteroatoms. The zero-order valence-corrected chi connectivity index (χ0v) is 12.0. The van der Waals surface area contributed by atoms with Crippen LogP contribution in [0.15, 0.2) is 30.4 Å². The van der Waals surface area contributed by atoms with E-state index in [1.54, 1.807) is 0 Å². The van der Waals surface area contributed by atoms with Crippen LogP contribution >= 0.6 is 0 Å². The van der Waals surface area contributed by atoms with Gasteiger partial charge in [-0.15, -0.1) is 0 Å². The van der Waals surface area contributed by atoms with E-state index in [0.717, 1.165) is 31.0 Å². The maximum absolute atomic E-state index is 4.66. The van der Waals surface area contributed by atoms with E-state index in [0.29, 0.717) is 6.04 Å². The summed E-state index contributed by atoms with van der Waals surface area (Å²) in [7, 11) is 2.09. The molecular weight excluding hydrogens is 222 g/mol. The van der Waals surface area contributed by atoms with Crippen molar-refractivity contribution in [1.29, 1.82) is 0 Å². The summed E-state index contributed by atoms with van der Waals surface area (Å²) in [5, 5.41) is 3.38. The molecule has 0 aromatic carbocycles. The monoisotopic (exact) mass is 247 g/mol. The van der Waals surface area contributed by atoms with Gasteiger partial charge in [-0.05, 0) is 26.1 Å². The normalized spacial score (nSPS) is 11.2. The molecule has 0 aliphatic heterocycles. The Hall–Kier alpha value is -1.19. The molecular formula is C15H25N3. The van der Waals surface area contributed by atoms with Crippen LogP contribution in [0, 0.1) is 0 Å². The predicted molar refractivity (Wildman–Crippen MR) is 77.4 cm³/mol. The van der Waals surface area contributed by atoms with E-state index >= 15 is 0 Å². The Morgan fingerprint density at radius 1 is 1.39 bits per heavy atom. The minimum Gasteiger partial charge on any atom is -0.309 e. The third kappa shape index (κ3) is 5.94. The largest absolute Gasteiger partial charge is 0.309 e. The summed E-state index contributed by atoms with van der Waals surface area (Å²) in [5.74, 6) is 0. The molecule has 0 amide bonds. The lowest BCUT2D eigenvalue weighted by Crippen LogP contribution is -2.23. The molecule has 0 saturated heterocycles. The molecule has 0 saturated carbocycles. The van der Waals surface area contributed by atoms with E-state index in [1.165, 1.54) is 5.57 Å². The number of nitrogens with zero attached hydrogens (tertiary/aromatic N) is 2. The van der Waals surface area contributed by atoms with Gasteiger partial charge < -0.3 is 5.32 Å². The summed E-state index contributed by atoms with van der Waals surface area (Å²) in [6.45, 7) is 12.9. The average Bonchev–Trinajstić information content (AvgIpc) is 2.25. The molecule has 3 nitrogen and oxygen atoms in total. The topological polar surface area (TPSA) is 28.2 Å². The van der Waals surface area contributed by atoms with Gasteiger partial charge in [-0.2, -0.15) is 0 Å². The number of pyridine rings is 1. The third-order valence-corrected chi connectivity index (χ3v) is 2.53. The van der Waals surface area contributed by atoms with E-state index < -0.39 is 0 Å². The Bertz CT molecular complexity index is 385. The van der Waals surface area contributed by atoms with Crippen LogP contribution in [0.2, 0.25) is 0 Å². The lowest BCUT2D eigenvalue weighted by molar-refractivity contribution is 0.350. The highest BCUT2D eigenvalue weighted by Crippen LogP contribution is 2.04. The summed E-state index contributed by atoms with van der Waals surface area (Å²) in [5.41, 5.74) is 3.39. The Labute approximate surface area is 111 Å². The molecule has 0 spiro atoms. The summed E-state index contributed by atoms with van der Waals surface area (Å²) in [6.07, 6.45) is 0. The fourth-order valence-corrected chi connectivity index (χ4v) is 1.82. The molecule has 0 aliphatic rings. The number of aromatic nitrogens is 1. The van der Waals surface area contributed by atoms with Crippen LogP contribution in [0.1, 0.15) is 32.2 Å². The van der Waals surface area contributed by atoms with Gasteiger partial charge in [-0.1, -0.05) is 32.1 Å². The van der Waals surface area contributed by atoms with Gasteiger partial charge in [0.25, 0.3) is 0 Å². The number of likely N-dealkylation sites (N-methyl/N-ethyl adjacent to an activating group) is 1. The lowest BCUT2D eigenvalue weighted by Gasteiger charge is -2.16. The maximum atomic E-state index is 4.66. The van der Waals surface area contributed by atoms with E-state index in [9.17, 15) is 0 Å². The molecule has 1 aromatic heterocycles. The highest BCUT2D eigenvalue weighted by molar-refractivity contribution is 5.11. The minimum atomic E-state index is 0.488. The van der Waals surface area contributed by atoms with Crippen molar-refractivity contribution in [2.75, 3.05) is 13.6 Å². The SMILES string of the molecule is C=C(C)CN(C)Cc1cccc(CNC(C)C)n1. The molecule has 0 bridgehead atoms. The van der Waals surface area contributed by atoms with Crippen LogP contribution in [0.5, 0.6) is 0 Å². The zero-order valence-electron chi connectivity index (χ0n) is 12.0. The van der Waals surface area contributed by atoms with Crippen LogP contribution in [0.25, 0.3) is 0 Å². The molecule has 1 N–H and O–H groups in total. The van der Waals surface area contributed by atoms with Crippen LogP contribution in [0.3, 0.4) is 0 Å². The van der Waals surface area contributed by atoms with Crippen molar-refractivity contribution < 1.29 is 0 Å². The minimum absolute atomic E-state index is 0.488. The van der Waals surface area contributed by atoms with Gasteiger partial charge in [0.15, 0.2) is 0 Å². The second-order valence-corrected chi connectivity index (χ2v) is 5.29. The van der Waals surface area contributed by atoms with Crippen LogP contribution < -0.4 is 5.32 Å². The van der Waals surface area contributed by atoms with Crippen molar-refractivity contribution >= 4 is 0 Å². The molecule has 1 heterocycles.